The summed E-state index contributed by atoms with van der Waals surface area (Å²) in [7, 11) is 0. The molecule has 1 aliphatic rings. The van der Waals surface area contributed by atoms with Crippen molar-refractivity contribution in [2.75, 3.05) is 0 Å². The Balaban J connectivity index is 2.21. The van der Waals surface area contributed by atoms with Crippen LogP contribution in [0.4, 0.5) is 14.5 Å². The van der Waals surface area contributed by atoms with E-state index in [1.165, 1.54) is 11.6 Å². The number of alkyl halides is 2. The Morgan fingerprint density at radius 2 is 1.93 bits per heavy atom. The smallest absolute Gasteiger partial charge is 0.266 e. The molecular formula is C20H15F2N4O+. The summed E-state index contributed by atoms with van der Waals surface area (Å²) >= 11 is 0. The average Bonchev–Trinajstić information content (AvgIpc) is 3.05. The Hall–Kier alpha value is -3.53. The first kappa shape index (κ1) is 18.3. The van der Waals surface area contributed by atoms with Gasteiger partial charge in [-0.2, -0.15) is 14.0 Å². The monoisotopic (exact) mass is 365 g/mol. The summed E-state index contributed by atoms with van der Waals surface area (Å²) in [5.74, 6) is -5.08. The third-order valence-electron chi connectivity index (χ3n) is 3.94. The fourth-order valence-electron chi connectivity index (χ4n) is 2.66. The Labute approximate surface area is 154 Å². The molecule has 0 radical (unpaired) electrons. The Bertz CT molecular complexity index is 1040. The number of aliphatic imine (C=N–C) groups is 1. The summed E-state index contributed by atoms with van der Waals surface area (Å²) in [5.41, 5.74) is 3.05. The van der Waals surface area contributed by atoms with Crippen molar-refractivity contribution < 1.29 is 18.3 Å². The minimum Gasteiger partial charge on any atom is -0.266 e. The topological polar surface area (TPSA) is 68.6 Å². The van der Waals surface area contributed by atoms with Gasteiger partial charge in [0.1, 0.15) is 11.9 Å². The fraction of sp³-hybridized carbons (Fsp3) is 0.150. The molecule has 0 fully saturated rings. The van der Waals surface area contributed by atoms with E-state index in [1.807, 2.05) is 6.07 Å². The zero-order valence-electron chi connectivity index (χ0n) is 14.6. The highest BCUT2D eigenvalue weighted by Crippen LogP contribution is 2.26. The van der Waals surface area contributed by atoms with Crippen LogP contribution in [-0.4, -0.2) is 34.2 Å². The molecule has 0 aromatic heterocycles. The molecule has 7 heteroatoms. The summed E-state index contributed by atoms with van der Waals surface area (Å²) < 4.78 is 28.1. The third-order valence-corrected chi connectivity index (χ3v) is 3.94. The van der Waals surface area contributed by atoms with E-state index in [0.29, 0.717) is 35.0 Å². The zero-order valence-corrected chi connectivity index (χ0v) is 14.6. The van der Waals surface area contributed by atoms with Gasteiger partial charge in [0.2, 0.25) is 5.69 Å². The average molecular weight is 365 g/mol. The first-order valence-corrected chi connectivity index (χ1v) is 8.10. The second kappa shape index (κ2) is 7.00. The van der Waals surface area contributed by atoms with Gasteiger partial charge < -0.3 is 0 Å². The van der Waals surface area contributed by atoms with Crippen molar-refractivity contribution in [3.05, 3.63) is 65.2 Å². The predicted molar refractivity (Wildman–Crippen MR) is 98.0 cm³/mol. The Kier molecular flexibility index (Phi) is 4.74. The van der Waals surface area contributed by atoms with Crippen LogP contribution in [0.5, 0.6) is 0 Å². The van der Waals surface area contributed by atoms with Crippen molar-refractivity contribution in [1.29, 1.82) is 5.26 Å². The molecule has 1 heterocycles. The van der Waals surface area contributed by atoms with E-state index in [1.54, 1.807) is 48.7 Å². The van der Waals surface area contributed by atoms with Crippen LogP contribution in [-0.2, 0) is 4.79 Å². The second-order valence-corrected chi connectivity index (χ2v) is 6.05. The second-order valence-electron chi connectivity index (χ2n) is 6.05. The van der Waals surface area contributed by atoms with Crippen molar-refractivity contribution in [3.8, 4) is 6.07 Å². The molecule has 0 saturated carbocycles. The molecule has 0 aliphatic carbocycles. The molecule has 5 nitrogen and oxygen atoms in total. The number of hydrogen-bond donors (Lipinski definition) is 0. The number of halogens is 2. The van der Waals surface area contributed by atoms with Crippen molar-refractivity contribution in [3.63, 3.8) is 0 Å². The number of nitrogens with zero attached hydrogens (tertiary/aromatic N) is 4. The van der Waals surface area contributed by atoms with Crippen LogP contribution in [0.2, 0.25) is 0 Å². The number of rotatable bonds is 3. The number of hydrazone groups is 1. The lowest BCUT2D eigenvalue weighted by Crippen LogP contribution is -2.27. The van der Waals surface area contributed by atoms with E-state index in [9.17, 15) is 13.6 Å². The summed E-state index contributed by atoms with van der Waals surface area (Å²) in [4.78, 5) is 15.3. The van der Waals surface area contributed by atoms with Gasteiger partial charge in [-0.05, 0) is 41.0 Å². The highest BCUT2D eigenvalue weighted by atomic mass is 19.3. The molecule has 0 N–H and O–H groups in total. The van der Waals surface area contributed by atoms with E-state index in [0.717, 1.165) is 0 Å². The number of hydrogen-bond acceptors (Lipinski definition) is 3. The summed E-state index contributed by atoms with van der Waals surface area (Å²) in [5, 5.41) is 13.4. The Morgan fingerprint density at radius 3 is 2.56 bits per heavy atom. The van der Waals surface area contributed by atoms with Gasteiger partial charge in [0.05, 0.1) is 22.8 Å². The molecule has 0 spiro atoms. The Morgan fingerprint density at radius 1 is 1.22 bits per heavy atom. The van der Waals surface area contributed by atoms with Crippen LogP contribution >= 0.6 is 0 Å². The summed E-state index contributed by atoms with van der Waals surface area (Å²) in [6.45, 7) is 2.00. The maximum Gasteiger partial charge on any atom is 0.324 e. The van der Waals surface area contributed by atoms with Crippen molar-refractivity contribution in [1.82, 2.24) is 0 Å². The van der Waals surface area contributed by atoms with Gasteiger partial charge in [-0.3, -0.25) is 4.79 Å². The van der Waals surface area contributed by atoms with E-state index >= 15 is 0 Å². The van der Waals surface area contributed by atoms with E-state index in [2.05, 4.69) is 16.2 Å². The molecule has 0 unspecified atom stereocenters. The molecule has 0 saturated heterocycles. The van der Waals surface area contributed by atoms with Crippen LogP contribution in [0, 0.1) is 11.3 Å². The normalized spacial score (nSPS) is 15.3. The molecule has 27 heavy (non-hydrogen) atoms. The van der Waals surface area contributed by atoms with E-state index in [4.69, 9.17) is 5.26 Å². The summed E-state index contributed by atoms with van der Waals surface area (Å²) in [6, 6.07) is 16.0. The largest absolute Gasteiger partial charge is 0.324 e. The van der Waals surface area contributed by atoms with Gasteiger partial charge in [-0.1, -0.05) is 18.2 Å². The van der Waals surface area contributed by atoms with Gasteiger partial charge in [0.25, 0.3) is 5.71 Å². The first-order valence-electron chi connectivity index (χ1n) is 8.10. The highest BCUT2D eigenvalue weighted by Gasteiger charge is 2.34. The number of fused-ring (bicyclic) bond motifs is 1. The van der Waals surface area contributed by atoms with Crippen LogP contribution in [0.15, 0.2) is 58.6 Å². The standard InChI is InChI=1S/C20H15F2N4O/c1-13(25-19(27)20(2,21)22)18(15-6-4-3-5-7-15)26-17-9-8-14(11-23)10-16(17)12-24-26/h3-10,12H,1-2H3/q+1/b25-13?,26-18+. The molecule has 0 atom stereocenters. The maximum atomic E-state index is 13.3. The molecule has 2 aromatic rings. The lowest BCUT2D eigenvalue weighted by molar-refractivity contribution is -0.438. The van der Waals surface area contributed by atoms with Gasteiger partial charge in [0.15, 0.2) is 0 Å². The molecule has 3 rings (SSSR count). The minimum atomic E-state index is -3.56. The van der Waals surface area contributed by atoms with Crippen molar-refractivity contribution >= 4 is 29.2 Å². The first-order chi connectivity index (χ1) is 12.8. The number of amides is 1. The molecule has 2 aromatic carbocycles. The van der Waals surface area contributed by atoms with Crippen LogP contribution in [0.3, 0.4) is 0 Å². The van der Waals surface area contributed by atoms with Gasteiger partial charge in [0, 0.05) is 13.0 Å². The molecule has 1 amide bonds. The number of benzene rings is 2. The van der Waals surface area contributed by atoms with Crippen molar-refractivity contribution in [2.45, 2.75) is 19.8 Å². The zero-order chi connectivity index (χ0) is 19.6. The maximum absolute atomic E-state index is 13.3. The number of carbonyl (C=O) groups is 1. The molecule has 134 valence electrons. The quantitative estimate of drug-likeness (QED) is 0.615. The van der Waals surface area contributed by atoms with E-state index in [-0.39, 0.29) is 5.71 Å². The predicted octanol–water partition coefficient (Wildman–Crippen LogP) is 3.68. The lowest BCUT2D eigenvalue weighted by atomic mass is 10.1. The summed E-state index contributed by atoms with van der Waals surface area (Å²) in [6.07, 6.45) is 1.57. The van der Waals surface area contributed by atoms with Gasteiger partial charge in [-0.25, -0.2) is 4.99 Å². The fourth-order valence-corrected chi connectivity index (χ4v) is 2.66. The minimum absolute atomic E-state index is 0.113. The van der Waals surface area contributed by atoms with Crippen LogP contribution in [0.25, 0.3) is 0 Å². The lowest BCUT2D eigenvalue weighted by Gasteiger charge is -2.07. The van der Waals surface area contributed by atoms with Gasteiger partial charge in [-0.15, -0.1) is 0 Å². The molecule has 0 bridgehead atoms. The van der Waals surface area contributed by atoms with Crippen LogP contribution in [0.1, 0.15) is 30.5 Å². The molecule has 1 aliphatic heterocycles. The number of carbonyl (C=O) groups excluding carboxylic acids is 1. The SMILES string of the molecule is CC(=NC(=O)C(C)(F)F)/C(c1ccccc1)=[N+]1\N=Cc2cc(C#N)ccc21. The van der Waals surface area contributed by atoms with Crippen molar-refractivity contribution in [2.24, 2.45) is 10.1 Å². The van der Waals surface area contributed by atoms with Crippen LogP contribution < -0.4 is 0 Å². The highest BCUT2D eigenvalue weighted by molar-refractivity contribution is 6.47. The van der Waals surface area contributed by atoms with E-state index < -0.39 is 11.8 Å². The third kappa shape index (κ3) is 3.70. The molecular weight excluding hydrogens is 350 g/mol. The van der Waals surface area contributed by atoms with Gasteiger partial charge >= 0.3 is 11.8 Å². The number of nitriles is 1.